The van der Waals surface area contributed by atoms with E-state index in [1.54, 1.807) is 7.11 Å². The first-order valence-electron chi connectivity index (χ1n) is 5.04. The number of hydrogen-bond donors (Lipinski definition) is 1. The highest BCUT2D eigenvalue weighted by atomic mass is 35.5. The van der Waals surface area contributed by atoms with E-state index in [4.69, 9.17) is 10.5 Å². The first kappa shape index (κ1) is 12.8. The van der Waals surface area contributed by atoms with Gasteiger partial charge < -0.3 is 10.5 Å². The molecule has 2 aromatic carbocycles. The van der Waals surface area contributed by atoms with Crippen molar-refractivity contribution in [3.8, 4) is 5.75 Å². The number of halogens is 1. The molecule has 2 nitrogen and oxygen atoms in total. The van der Waals surface area contributed by atoms with Gasteiger partial charge in [0.25, 0.3) is 0 Å². The molecule has 3 heteroatoms. The van der Waals surface area contributed by atoms with Crippen molar-refractivity contribution in [3.63, 3.8) is 0 Å². The summed E-state index contributed by atoms with van der Waals surface area (Å²) in [6.45, 7) is 1.99. The SMILES string of the molecule is COc1ccc2cc([C@@H](C)N)ccc2c1.Cl. The third-order valence-electron chi connectivity index (χ3n) is 2.60. The molecule has 2 rings (SSSR count). The fraction of sp³-hybridized carbons (Fsp3) is 0.231. The summed E-state index contributed by atoms with van der Waals surface area (Å²) in [6.07, 6.45) is 0. The molecule has 0 radical (unpaired) electrons. The van der Waals surface area contributed by atoms with E-state index in [1.165, 1.54) is 10.8 Å². The maximum absolute atomic E-state index is 5.84. The Bertz CT molecular complexity index is 482. The van der Waals surface area contributed by atoms with Crippen LogP contribution in [0.4, 0.5) is 0 Å². The first-order valence-corrected chi connectivity index (χ1v) is 5.04. The molecule has 0 fully saturated rings. The fourth-order valence-corrected chi connectivity index (χ4v) is 1.65. The van der Waals surface area contributed by atoms with E-state index in [0.717, 1.165) is 11.3 Å². The number of nitrogens with two attached hydrogens (primary N) is 1. The first-order chi connectivity index (χ1) is 7.20. The zero-order chi connectivity index (χ0) is 10.8. The van der Waals surface area contributed by atoms with Crippen LogP contribution in [-0.2, 0) is 0 Å². The highest BCUT2D eigenvalue weighted by Crippen LogP contribution is 2.23. The highest BCUT2D eigenvalue weighted by Gasteiger charge is 2.01. The Morgan fingerprint density at radius 1 is 1.06 bits per heavy atom. The zero-order valence-corrected chi connectivity index (χ0v) is 10.3. The molecule has 0 aliphatic carbocycles. The highest BCUT2D eigenvalue weighted by molar-refractivity contribution is 5.85. The molecule has 0 aliphatic rings. The lowest BCUT2D eigenvalue weighted by Crippen LogP contribution is -2.04. The molecule has 86 valence electrons. The molecule has 0 spiro atoms. The molecule has 2 N–H and O–H groups in total. The average molecular weight is 238 g/mol. The van der Waals surface area contributed by atoms with Crippen LogP contribution in [0.5, 0.6) is 5.75 Å². The van der Waals surface area contributed by atoms with Gasteiger partial charge in [-0.3, -0.25) is 0 Å². The van der Waals surface area contributed by atoms with Crippen LogP contribution < -0.4 is 10.5 Å². The van der Waals surface area contributed by atoms with Crippen LogP contribution in [0, 0.1) is 0 Å². The largest absolute Gasteiger partial charge is 0.497 e. The summed E-state index contributed by atoms with van der Waals surface area (Å²) in [5.41, 5.74) is 7.00. The van der Waals surface area contributed by atoms with Crippen molar-refractivity contribution in [1.82, 2.24) is 0 Å². The van der Waals surface area contributed by atoms with E-state index in [-0.39, 0.29) is 18.4 Å². The second-order valence-electron chi connectivity index (χ2n) is 3.76. The van der Waals surface area contributed by atoms with Gasteiger partial charge in [0.2, 0.25) is 0 Å². The summed E-state index contributed by atoms with van der Waals surface area (Å²) in [5, 5.41) is 2.38. The molecule has 0 heterocycles. The average Bonchev–Trinajstić information content (AvgIpc) is 2.27. The summed E-state index contributed by atoms with van der Waals surface area (Å²) in [7, 11) is 1.68. The van der Waals surface area contributed by atoms with Gasteiger partial charge in [-0.1, -0.05) is 18.2 Å². The van der Waals surface area contributed by atoms with E-state index < -0.39 is 0 Å². The van der Waals surface area contributed by atoms with Gasteiger partial charge in [0.1, 0.15) is 5.75 Å². The van der Waals surface area contributed by atoms with Crippen LogP contribution in [0.3, 0.4) is 0 Å². The van der Waals surface area contributed by atoms with Crippen molar-refractivity contribution in [2.75, 3.05) is 7.11 Å². The number of methoxy groups -OCH3 is 1. The van der Waals surface area contributed by atoms with Crippen molar-refractivity contribution in [3.05, 3.63) is 42.0 Å². The minimum Gasteiger partial charge on any atom is -0.497 e. The van der Waals surface area contributed by atoms with Crippen molar-refractivity contribution < 1.29 is 4.74 Å². The molecule has 16 heavy (non-hydrogen) atoms. The monoisotopic (exact) mass is 237 g/mol. The topological polar surface area (TPSA) is 35.2 Å². The predicted molar refractivity (Wildman–Crippen MR) is 70.4 cm³/mol. The van der Waals surface area contributed by atoms with E-state index in [9.17, 15) is 0 Å². The molecular formula is C13H16ClNO. The van der Waals surface area contributed by atoms with Crippen molar-refractivity contribution >= 4 is 23.2 Å². The zero-order valence-electron chi connectivity index (χ0n) is 9.44. The Balaban J connectivity index is 0.00000128. The molecule has 2 aromatic rings. The van der Waals surface area contributed by atoms with Crippen LogP contribution in [0.1, 0.15) is 18.5 Å². The van der Waals surface area contributed by atoms with Crippen molar-refractivity contribution in [1.29, 1.82) is 0 Å². The van der Waals surface area contributed by atoms with Crippen molar-refractivity contribution in [2.45, 2.75) is 13.0 Å². The van der Waals surface area contributed by atoms with Crippen LogP contribution in [0.2, 0.25) is 0 Å². The van der Waals surface area contributed by atoms with E-state index in [1.807, 2.05) is 19.1 Å². The number of rotatable bonds is 2. The standard InChI is InChI=1S/C13H15NO.ClH/c1-9(14)10-3-4-12-8-13(15-2)6-5-11(12)7-10;/h3-9H,14H2,1-2H3;1H/t9-;/m1./s1. The van der Waals surface area contributed by atoms with Gasteiger partial charge in [-0.25, -0.2) is 0 Å². The van der Waals surface area contributed by atoms with Crippen LogP contribution in [0.25, 0.3) is 10.8 Å². The second-order valence-corrected chi connectivity index (χ2v) is 3.76. The van der Waals surface area contributed by atoms with E-state index >= 15 is 0 Å². The van der Waals surface area contributed by atoms with Crippen LogP contribution >= 0.6 is 12.4 Å². The molecule has 0 saturated heterocycles. The third-order valence-corrected chi connectivity index (χ3v) is 2.60. The Kier molecular flexibility index (Phi) is 4.16. The van der Waals surface area contributed by atoms with Gasteiger partial charge in [-0.05, 0) is 41.5 Å². The van der Waals surface area contributed by atoms with Gasteiger partial charge in [-0.2, -0.15) is 0 Å². The van der Waals surface area contributed by atoms with E-state index in [0.29, 0.717) is 0 Å². The fourth-order valence-electron chi connectivity index (χ4n) is 1.65. The summed E-state index contributed by atoms with van der Waals surface area (Å²) >= 11 is 0. The van der Waals surface area contributed by atoms with Gasteiger partial charge in [0.15, 0.2) is 0 Å². The molecule has 0 aromatic heterocycles. The molecule has 1 atom stereocenters. The lowest BCUT2D eigenvalue weighted by atomic mass is 10.0. The minimum absolute atomic E-state index is 0. The van der Waals surface area contributed by atoms with Crippen molar-refractivity contribution in [2.24, 2.45) is 5.73 Å². The lowest BCUT2D eigenvalue weighted by Gasteiger charge is -2.08. The quantitative estimate of drug-likeness (QED) is 0.870. The van der Waals surface area contributed by atoms with Gasteiger partial charge in [-0.15, -0.1) is 12.4 Å². The van der Waals surface area contributed by atoms with Gasteiger partial charge >= 0.3 is 0 Å². The Morgan fingerprint density at radius 3 is 2.31 bits per heavy atom. The Labute approximate surface area is 102 Å². The third kappa shape index (κ3) is 2.46. The lowest BCUT2D eigenvalue weighted by molar-refractivity contribution is 0.415. The van der Waals surface area contributed by atoms with Crippen LogP contribution in [0.15, 0.2) is 36.4 Å². The summed E-state index contributed by atoms with van der Waals surface area (Å²) in [5.74, 6) is 0.885. The Hall–Kier alpha value is -1.25. The number of fused-ring (bicyclic) bond motifs is 1. The maximum Gasteiger partial charge on any atom is 0.119 e. The van der Waals surface area contributed by atoms with E-state index in [2.05, 4.69) is 24.3 Å². The molecule has 0 amide bonds. The molecule has 0 saturated carbocycles. The summed E-state index contributed by atoms with van der Waals surface area (Å²) < 4.78 is 5.18. The maximum atomic E-state index is 5.84. The summed E-state index contributed by atoms with van der Waals surface area (Å²) in [4.78, 5) is 0. The molecule has 0 unspecified atom stereocenters. The van der Waals surface area contributed by atoms with Gasteiger partial charge in [0, 0.05) is 6.04 Å². The normalized spacial score (nSPS) is 11.9. The number of ether oxygens (including phenoxy) is 1. The number of benzene rings is 2. The molecule has 0 bridgehead atoms. The minimum atomic E-state index is 0. The second kappa shape index (κ2) is 5.19. The predicted octanol–water partition coefficient (Wildman–Crippen LogP) is 3.29. The van der Waals surface area contributed by atoms with Gasteiger partial charge in [0.05, 0.1) is 7.11 Å². The molecule has 0 aliphatic heterocycles. The smallest absolute Gasteiger partial charge is 0.119 e. The number of hydrogen-bond acceptors (Lipinski definition) is 2. The summed E-state index contributed by atoms with van der Waals surface area (Å²) in [6, 6.07) is 12.4. The van der Waals surface area contributed by atoms with Crippen LogP contribution in [-0.4, -0.2) is 7.11 Å². The molecular weight excluding hydrogens is 222 g/mol. The Morgan fingerprint density at radius 2 is 1.69 bits per heavy atom.